The number of rotatable bonds is 6. The van der Waals surface area contributed by atoms with Crippen LogP contribution in [0.1, 0.15) is 27.2 Å². The van der Waals surface area contributed by atoms with Gasteiger partial charge in [-0.1, -0.05) is 13.8 Å². The van der Waals surface area contributed by atoms with Crippen LogP contribution in [-0.4, -0.2) is 30.9 Å². The normalized spacial score (nSPS) is 20.8. The van der Waals surface area contributed by atoms with Gasteiger partial charge in [-0.25, -0.2) is 18.1 Å². The first-order valence-electron chi connectivity index (χ1n) is 7.04. The molecular formula is C13H20N4O2S2. The number of thiazole rings is 1. The Labute approximate surface area is 128 Å². The van der Waals surface area contributed by atoms with Crippen LogP contribution in [0.2, 0.25) is 0 Å². The van der Waals surface area contributed by atoms with Gasteiger partial charge in [-0.05, 0) is 24.7 Å². The summed E-state index contributed by atoms with van der Waals surface area (Å²) in [6.45, 7) is 7.35. The van der Waals surface area contributed by atoms with E-state index in [1.54, 1.807) is 10.6 Å². The van der Waals surface area contributed by atoms with Crippen molar-refractivity contribution in [1.82, 2.24) is 14.1 Å². The molecule has 116 valence electrons. The van der Waals surface area contributed by atoms with E-state index in [1.165, 1.54) is 11.3 Å². The highest BCUT2D eigenvalue weighted by Crippen LogP contribution is 2.51. The number of anilines is 1. The molecule has 0 amide bonds. The Bertz CT molecular complexity index is 760. The van der Waals surface area contributed by atoms with E-state index in [1.807, 2.05) is 12.3 Å². The first-order chi connectivity index (χ1) is 9.85. The maximum absolute atomic E-state index is 12.6. The fraction of sp³-hybridized carbons (Fsp3) is 0.615. The average molecular weight is 328 g/mol. The number of imidazole rings is 1. The lowest BCUT2D eigenvalue weighted by Gasteiger charge is -2.09. The van der Waals surface area contributed by atoms with Crippen molar-refractivity contribution in [2.45, 2.75) is 32.2 Å². The molecular weight excluding hydrogens is 308 g/mol. The molecule has 3 rings (SSSR count). The van der Waals surface area contributed by atoms with Crippen LogP contribution < -0.4 is 10.0 Å². The molecule has 0 aliphatic heterocycles. The third-order valence-electron chi connectivity index (χ3n) is 4.05. The Morgan fingerprint density at radius 2 is 2.24 bits per heavy atom. The molecule has 0 radical (unpaired) electrons. The van der Waals surface area contributed by atoms with E-state index >= 15 is 0 Å². The van der Waals surface area contributed by atoms with Crippen molar-refractivity contribution in [3.63, 3.8) is 0 Å². The van der Waals surface area contributed by atoms with E-state index in [9.17, 15) is 8.42 Å². The minimum Gasteiger partial charge on any atom is -0.368 e. The second-order valence-electron chi connectivity index (χ2n) is 6.09. The zero-order chi connectivity index (χ0) is 15.3. The standard InChI is InChI=1S/C13H20N4O2S2/c1-4-14-10-11(17-5-6-20-12(17)16-10)21(18,19)15-8-9-7-13(9,2)3/h5-6,9,14-15H,4,7-8H2,1-3H3. The predicted octanol–water partition coefficient (Wildman–Crippen LogP) is 2.15. The summed E-state index contributed by atoms with van der Waals surface area (Å²) >= 11 is 1.42. The summed E-state index contributed by atoms with van der Waals surface area (Å²) in [6.07, 6.45) is 2.80. The quantitative estimate of drug-likeness (QED) is 0.852. The summed E-state index contributed by atoms with van der Waals surface area (Å²) in [5, 5.41) is 5.07. The van der Waals surface area contributed by atoms with Gasteiger partial charge in [0, 0.05) is 24.7 Å². The van der Waals surface area contributed by atoms with Gasteiger partial charge in [0.2, 0.25) is 0 Å². The van der Waals surface area contributed by atoms with E-state index in [0.717, 1.165) is 6.42 Å². The lowest BCUT2D eigenvalue weighted by molar-refractivity contribution is 0.536. The minimum atomic E-state index is -3.58. The third-order valence-corrected chi connectivity index (χ3v) is 6.26. The van der Waals surface area contributed by atoms with Gasteiger partial charge in [0.25, 0.3) is 10.0 Å². The SMILES string of the molecule is CCNc1nc2sccn2c1S(=O)(=O)NCC1CC1(C)C. The van der Waals surface area contributed by atoms with Crippen LogP contribution >= 0.6 is 11.3 Å². The van der Waals surface area contributed by atoms with Gasteiger partial charge in [0.05, 0.1) is 0 Å². The zero-order valence-corrected chi connectivity index (χ0v) is 14.0. The Hall–Kier alpha value is -1.12. The topological polar surface area (TPSA) is 75.5 Å². The van der Waals surface area contributed by atoms with Crippen molar-refractivity contribution in [2.75, 3.05) is 18.4 Å². The molecule has 2 heterocycles. The second-order valence-corrected chi connectivity index (χ2v) is 8.65. The lowest BCUT2D eigenvalue weighted by Crippen LogP contribution is -2.28. The molecule has 0 aromatic carbocycles. The number of nitrogens with one attached hydrogen (secondary N) is 2. The smallest absolute Gasteiger partial charge is 0.260 e. The highest BCUT2D eigenvalue weighted by atomic mass is 32.2. The van der Waals surface area contributed by atoms with Crippen molar-refractivity contribution in [3.05, 3.63) is 11.6 Å². The molecule has 1 atom stereocenters. The van der Waals surface area contributed by atoms with Gasteiger partial charge >= 0.3 is 0 Å². The molecule has 6 nitrogen and oxygen atoms in total. The van der Waals surface area contributed by atoms with Gasteiger partial charge in [-0.3, -0.25) is 4.40 Å². The van der Waals surface area contributed by atoms with E-state index in [-0.39, 0.29) is 10.4 Å². The molecule has 1 fully saturated rings. The fourth-order valence-corrected chi connectivity index (χ4v) is 4.62. The van der Waals surface area contributed by atoms with Crippen molar-refractivity contribution in [2.24, 2.45) is 11.3 Å². The summed E-state index contributed by atoms with van der Waals surface area (Å²) in [7, 11) is -3.58. The molecule has 0 bridgehead atoms. The Morgan fingerprint density at radius 3 is 2.86 bits per heavy atom. The first-order valence-corrected chi connectivity index (χ1v) is 9.40. The third kappa shape index (κ3) is 2.67. The van der Waals surface area contributed by atoms with Crippen LogP contribution in [-0.2, 0) is 10.0 Å². The molecule has 2 N–H and O–H groups in total. The van der Waals surface area contributed by atoms with Crippen LogP contribution in [0.4, 0.5) is 5.82 Å². The molecule has 1 saturated carbocycles. The predicted molar refractivity (Wildman–Crippen MR) is 84.3 cm³/mol. The maximum atomic E-state index is 12.6. The van der Waals surface area contributed by atoms with Crippen LogP contribution in [0, 0.1) is 11.3 Å². The zero-order valence-electron chi connectivity index (χ0n) is 12.4. The van der Waals surface area contributed by atoms with Gasteiger partial charge in [0.1, 0.15) is 0 Å². The van der Waals surface area contributed by atoms with E-state index in [2.05, 4.69) is 28.9 Å². The van der Waals surface area contributed by atoms with Gasteiger partial charge in [-0.15, -0.1) is 11.3 Å². The second kappa shape index (κ2) is 4.96. The lowest BCUT2D eigenvalue weighted by atomic mass is 10.1. The molecule has 21 heavy (non-hydrogen) atoms. The summed E-state index contributed by atoms with van der Waals surface area (Å²) in [5.74, 6) is 0.840. The van der Waals surface area contributed by atoms with E-state index in [4.69, 9.17) is 0 Å². The number of nitrogens with zero attached hydrogens (tertiary/aromatic N) is 2. The van der Waals surface area contributed by atoms with E-state index < -0.39 is 10.0 Å². The largest absolute Gasteiger partial charge is 0.368 e. The van der Waals surface area contributed by atoms with Crippen molar-refractivity contribution < 1.29 is 8.42 Å². The van der Waals surface area contributed by atoms with Crippen LogP contribution in [0.5, 0.6) is 0 Å². The van der Waals surface area contributed by atoms with Crippen molar-refractivity contribution in [1.29, 1.82) is 0 Å². The Balaban J connectivity index is 1.90. The fourth-order valence-electron chi connectivity index (χ4n) is 2.51. The number of sulfonamides is 1. The number of hydrogen-bond acceptors (Lipinski definition) is 5. The molecule has 2 aromatic heterocycles. The summed E-state index contributed by atoms with van der Waals surface area (Å²) < 4.78 is 29.6. The number of hydrogen-bond donors (Lipinski definition) is 2. The summed E-state index contributed by atoms with van der Waals surface area (Å²) in [4.78, 5) is 5.03. The minimum absolute atomic E-state index is 0.207. The Morgan fingerprint density at radius 1 is 1.52 bits per heavy atom. The molecule has 1 aliphatic rings. The number of fused-ring (bicyclic) bond motifs is 1. The molecule has 2 aromatic rings. The molecule has 0 spiro atoms. The van der Waals surface area contributed by atoms with Crippen LogP contribution in [0.25, 0.3) is 4.96 Å². The van der Waals surface area contributed by atoms with Gasteiger partial charge in [-0.2, -0.15) is 0 Å². The van der Waals surface area contributed by atoms with Crippen LogP contribution in [0.3, 0.4) is 0 Å². The maximum Gasteiger partial charge on any atom is 0.260 e. The Kier molecular flexibility index (Phi) is 3.50. The highest BCUT2D eigenvalue weighted by Gasteiger charge is 2.45. The van der Waals surface area contributed by atoms with Crippen LogP contribution in [0.15, 0.2) is 16.6 Å². The van der Waals surface area contributed by atoms with Gasteiger partial charge < -0.3 is 5.32 Å². The van der Waals surface area contributed by atoms with Crippen molar-refractivity contribution >= 4 is 32.1 Å². The van der Waals surface area contributed by atoms with Crippen molar-refractivity contribution in [3.8, 4) is 0 Å². The highest BCUT2D eigenvalue weighted by molar-refractivity contribution is 7.89. The summed E-state index contributed by atoms with van der Waals surface area (Å²) in [5.41, 5.74) is 0.252. The monoisotopic (exact) mass is 328 g/mol. The van der Waals surface area contributed by atoms with Gasteiger partial charge in [0.15, 0.2) is 15.8 Å². The summed E-state index contributed by atoms with van der Waals surface area (Å²) in [6, 6.07) is 0. The molecule has 1 aliphatic carbocycles. The molecule has 8 heteroatoms. The molecule has 0 saturated heterocycles. The molecule has 1 unspecified atom stereocenters. The first kappa shape index (κ1) is 14.8. The number of aromatic nitrogens is 2. The van der Waals surface area contributed by atoms with E-state index in [0.29, 0.717) is 29.8 Å². The average Bonchev–Trinajstić information content (AvgIpc) is 2.75.